The summed E-state index contributed by atoms with van der Waals surface area (Å²) in [5, 5.41) is 13.6. The molecule has 1 aliphatic heterocycles. The number of nitrogens with zero attached hydrogens (tertiary/aromatic N) is 3. The van der Waals surface area contributed by atoms with Crippen LogP contribution in [0.1, 0.15) is 44.8 Å². The molecule has 0 bridgehead atoms. The van der Waals surface area contributed by atoms with Crippen LogP contribution >= 0.6 is 0 Å². The monoisotopic (exact) mass is 279 g/mol. The van der Waals surface area contributed by atoms with Crippen LogP contribution < -0.4 is 0 Å². The third-order valence-corrected chi connectivity index (χ3v) is 3.70. The Morgan fingerprint density at radius 2 is 2.10 bits per heavy atom. The van der Waals surface area contributed by atoms with Crippen LogP contribution in [-0.2, 0) is 16.1 Å². The number of aromatic nitrogens is 2. The van der Waals surface area contributed by atoms with Crippen molar-refractivity contribution >= 4 is 11.9 Å². The molecule has 110 valence electrons. The van der Waals surface area contributed by atoms with Crippen LogP contribution in [0.4, 0.5) is 0 Å². The first-order chi connectivity index (χ1) is 9.60. The van der Waals surface area contributed by atoms with Gasteiger partial charge in [0.1, 0.15) is 0 Å². The summed E-state index contributed by atoms with van der Waals surface area (Å²) < 4.78 is 1.82. The highest BCUT2D eigenvalue weighted by Crippen LogP contribution is 2.38. The van der Waals surface area contributed by atoms with Crippen molar-refractivity contribution in [2.24, 2.45) is 5.92 Å². The van der Waals surface area contributed by atoms with E-state index in [4.69, 9.17) is 0 Å². The van der Waals surface area contributed by atoms with Gasteiger partial charge in [0.2, 0.25) is 5.91 Å². The standard InChI is InChI=1S/C14H21N3O3/c1-3-7-16-12(18)9-10(14(19)20)13(16)11-5-6-15-17(11)8-4-2/h5-6,10,13H,3-4,7-9H2,1-2H3,(H,19,20). The van der Waals surface area contributed by atoms with Crippen molar-refractivity contribution in [1.29, 1.82) is 0 Å². The molecule has 2 atom stereocenters. The summed E-state index contributed by atoms with van der Waals surface area (Å²) in [6, 6.07) is 1.44. The lowest BCUT2D eigenvalue weighted by Gasteiger charge is -2.27. The average Bonchev–Trinajstić information content (AvgIpc) is 2.96. The molecule has 1 N–H and O–H groups in total. The molecule has 1 fully saturated rings. The van der Waals surface area contributed by atoms with Gasteiger partial charge >= 0.3 is 5.97 Å². The lowest BCUT2D eigenvalue weighted by molar-refractivity contribution is -0.142. The van der Waals surface area contributed by atoms with Crippen LogP contribution in [0.5, 0.6) is 0 Å². The van der Waals surface area contributed by atoms with Gasteiger partial charge in [-0.3, -0.25) is 14.3 Å². The second-order valence-electron chi connectivity index (χ2n) is 5.16. The second-order valence-corrected chi connectivity index (χ2v) is 5.16. The Balaban J connectivity index is 2.38. The van der Waals surface area contributed by atoms with E-state index in [1.165, 1.54) is 0 Å². The van der Waals surface area contributed by atoms with Crippen molar-refractivity contribution in [2.75, 3.05) is 6.54 Å². The minimum Gasteiger partial charge on any atom is -0.481 e. The minimum atomic E-state index is -0.911. The Labute approximate surface area is 118 Å². The number of carboxylic acid groups (broad SMARTS) is 1. The molecular weight excluding hydrogens is 258 g/mol. The second kappa shape index (κ2) is 6.07. The summed E-state index contributed by atoms with van der Waals surface area (Å²) in [5.74, 6) is -1.67. The molecule has 1 aromatic rings. The zero-order valence-electron chi connectivity index (χ0n) is 12.0. The Morgan fingerprint density at radius 3 is 2.70 bits per heavy atom. The highest BCUT2D eigenvalue weighted by atomic mass is 16.4. The van der Waals surface area contributed by atoms with Crippen LogP contribution in [0.15, 0.2) is 12.3 Å². The fraction of sp³-hybridized carbons (Fsp3) is 0.643. The molecule has 1 aromatic heterocycles. The average molecular weight is 279 g/mol. The smallest absolute Gasteiger partial charge is 0.309 e. The van der Waals surface area contributed by atoms with E-state index in [0.717, 1.165) is 25.1 Å². The van der Waals surface area contributed by atoms with Gasteiger partial charge in [-0.15, -0.1) is 0 Å². The van der Waals surface area contributed by atoms with Gasteiger partial charge in [0.25, 0.3) is 0 Å². The number of aliphatic carboxylic acids is 1. The summed E-state index contributed by atoms with van der Waals surface area (Å²) in [6.45, 7) is 5.36. The zero-order valence-corrected chi connectivity index (χ0v) is 12.0. The summed E-state index contributed by atoms with van der Waals surface area (Å²) in [7, 11) is 0. The molecule has 1 aliphatic rings. The van der Waals surface area contributed by atoms with Gasteiger partial charge in [0.05, 0.1) is 17.7 Å². The SMILES string of the molecule is CCCN1C(=O)CC(C(=O)O)C1c1ccnn1CCC. The van der Waals surface area contributed by atoms with Gasteiger partial charge in [-0.2, -0.15) is 5.10 Å². The molecule has 0 saturated carbocycles. The number of carbonyl (C=O) groups is 2. The minimum absolute atomic E-state index is 0.0755. The van der Waals surface area contributed by atoms with E-state index >= 15 is 0 Å². The Kier molecular flexibility index (Phi) is 4.42. The molecule has 0 spiro atoms. The van der Waals surface area contributed by atoms with Crippen molar-refractivity contribution in [2.45, 2.75) is 45.7 Å². The normalized spacial score (nSPS) is 22.5. The first-order valence-corrected chi connectivity index (χ1v) is 7.14. The van der Waals surface area contributed by atoms with Gasteiger partial charge in [0, 0.05) is 25.7 Å². The molecule has 0 radical (unpaired) electrons. The third kappa shape index (κ3) is 2.55. The zero-order chi connectivity index (χ0) is 14.7. The molecular formula is C14H21N3O3. The number of likely N-dealkylation sites (tertiary alicyclic amines) is 1. The van der Waals surface area contributed by atoms with Crippen molar-refractivity contribution < 1.29 is 14.7 Å². The lowest BCUT2D eigenvalue weighted by atomic mass is 9.97. The van der Waals surface area contributed by atoms with Gasteiger partial charge in [-0.25, -0.2) is 0 Å². The van der Waals surface area contributed by atoms with E-state index in [1.807, 2.05) is 24.6 Å². The number of carbonyl (C=O) groups excluding carboxylic acids is 1. The lowest BCUT2D eigenvalue weighted by Crippen LogP contribution is -2.32. The number of rotatable bonds is 6. The van der Waals surface area contributed by atoms with Gasteiger partial charge < -0.3 is 10.0 Å². The molecule has 1 saturated heterocycles. The molecule has 2 heterocycles. The van der Waals surface area contributed by atoms with Crippen LogP contribution in [0.25, 0.3) is 0 Å². The number of hydrogen-bond donors (Lipinski definition) is 1. The highest BCUT2D eigenvalue weighted by Gasteiger charge is 2.45. The summed E-state index contributed by atoms with van der Waals surface area (Å²) >= 11 is 0. The maximum absolute atomic E-state index is 12.1. The molecule has 1 amide bonds. The summed E-state index contributed by atoms with van der Waals surface area (Å²) in [4.78, 5) is 25.2. The van der Waals surface area contributed by atoms with Crippen molar-refractivity contribution in [1.82, 2.24) is 14.7 Å². The fourth-order valence-electron chi connectivity index (χ4n) is 2.87. The van der Waals surface area contributed by atoms with E-state index < -0.39 is 17.9 Å². The van der Waals surface area contributed by atoms with Crippen molar-refractivity contribution in [3.63, 3.8) is 0 Å². The summed E-state index contributed by atoms with van der Waals surface area (Å²) in [6.07, 6.45) is 3.49. The van der Waals surface area contributed by atoms with E-state index in [1.54, 1.807) is 11.1 Å². The number of hydrogen-bond acceptors (Lipinski definition) is 3. The van der Waals surface area contributed by atoms with Crippen molar-refractivity contribution in [3.05, 3.63) is 18.0 Å². The number of aryl methyl sites for hydroxylation is 1. The molecule has 2 unspecified atom stereocenters. The molecule has 6 nitrogen and oxygen atoms in total. The fourth-order valence-corrected chi connectivity index (χ4v) is 2.87. The topological polar surface area (TPSA) is 75.4 Å². The molecule has 0 aliphatic carbocycles. The first kappa shape index (κ1) is 14.6. The predicted molar refractivity (Wildman–Crippen MR) is 73.0 cm³/mol. The Morgan fingerprint density at radius 1 is 1.40 bits per heavy atom. The Hall–Kier alpha value is -1.85. The Bertz CT molecular complexity index is 498. The first-order valence-electron chi connectivity index (χ1n) is 7.14. The van der Waals surface area contributed by atoms with Gasteiger partial charge in [-0.1, -0.05) is 13.8 Å². The number of amides is 1. The van der Waals surface area contributed by atoms with E-state index in [9.17, 15) is 14.7 Å². The van der Waals surface area contributed by atoms with E-state index in [-0.39, 0.29) is 12.3 Å². The predicted octanol–water partition coefficient (Wildman–Crippen LogP) is 1.68. The largest absolute Gasteiger partial charge is 0.481 e. The van der Waals surface area contributed by atoms with Crippen molar-refractivity contribution in [3.8, 4) is 0 Å². The van der Waals surface area contributed by atoms with Crippen LogP contribution in [0, 0.1) is 5.92 Å². The quantitative estimate of drug-likeness (QED) is 0.859. The maximum Gasteiger partial charge on any atom is 0.309 e. The maximum atomic E-state index is 12.1. The molecule has 20 heavy (non-hydrogen) atoms. The third-order valence-electron chi connectivity index (χ3n) is 3.70. The van der Waals surface area contributed by atoms with Gasteiger partial charge in [0.15, 0.2) is 0 Å². The van der Waals surface area contributed by atoms with Crippen LogP contribution in [-0.4, -0.2) is 38.2 Å². The summed E-state index contributed by atoms with van der Waals surface area (Å²) in [5.41, 5.74) is 0.832. The van der Waals surface area contributed by atoms with Crippen LogP contribution in [0.3, 0.4) is 0 Å². The van der Waals surface area contributed by atoms with Crippen LogP contribution in [0.2, 0.25) is 0 Å². The molecule has 2 rings (SSSR count). The van der Waals surface area contributed by atoms with E-state index in [2.05, 4.69) is 5.10 Å². The molecule has 6 heteroatoms. The van der Waals surface area contributed by atoms with Gasteiger partial charge in [-0.05, 0) is 18.9 Å². The highest BCUT2D eigenvalue weighted by molar-refractivity contribution is 5.87. The number of carboxylic acids is 1. The van der Waals surface area contributed by atoms with E-state index in [0.29, 0.717) is 6.54 Å². The molecule has 0 aromatic carbocycles.